The van der Waals surface area contributed by atoms with Crippen LogP contribution in [0.15, 0.2) is 53.8 Å². The van der Waals surface area contributed by atoms with Gasteiger partial charge in [-0.25, -0.2) is 0 Å². The molecule has 5 atom stereocenters. The summed E-state index contributed by atoms with van der Waals surface area (Å²) in [5, 5.41) is 60.4. The first-order valence-corrected chi connectivity index (χ1v) is 11.6. The van der Waals surface area contributed by atoms with Crippen molar-refractivity contribution in [1.29, 1.82) is 0 Å². The maximum absolute atomic E-state index is 10.9. The lowest BCUT2D eigenvalue weighted by Gasteiger charge is -2.29. The molecule has 0 aliphatic rings. The molecule has 1 unspecified atom stereocenters. The molecule has 6 N–H and O–H groups in total. The number of hydrogen-bond donors (Lipinski definition) is 6. The van der Waals surface area contributed by atoms with Gasteiger partial charge in [0, 0.05) is 12.0 Å². The Balaban J connectivity index is 2.40. The zero-order valence-corrected chi connectivity index (χ0v) is 21.4. The van der Waals surface area contributed by atoms with Gasteiger partial charge in [0.15, 0.2) is 23.0 Å². The van der Waals surface area contributed by atoms with Crippen molar-refractivity contribution in [1.82, 2.24) is 0 Å². The summed E-state index contributed by atoms with van der Waals surface area (Å²) < 4.78 is 21.2. The fourth-order valence-corrected chi connectivity index (χ4v) is 3.69. The van der Waals surface area contributed by atoms with Gasteiger partial charge in [-0.15, -0.1) is 5.73 Å². The van der Waals surface area contributed by atoms with E-state index in [1.807, 2.05) is 6.07 Å². The van der Waals surface area contributed by atoms with Gasteiger partial charge in [-0.3, -0.25) is 0 Å². The van der Waals surface area contributed by atoms with Crippen LogP contribution in [0.3, 0.4) is 0 Å². The fraction of sp³-hybridized carbons (Fsp3) is 0.444. The van der Waals surface area contributed by atoms with Crippen molar-refractivity contribution in [3.8, 4) is 23.0 Å². The molecule has 0 aromatic heterocycles. The maximum atomic E-state index is 10.9. The topological polar surface area (TPSA) is 158 Å². The van der Waals surface area contributed by atoms with E-state index >= 15 is 0 Å². The Hall–Kier alpha value is -3.08. The van der Waals surface area contributed by atoms with Gasteiger partial charge in [-0.2, -0.15) is 0 Å². The molecule has 10 nitrogen and oxygen atoms in total. The van der Waals surface area contributed by atoms with E-state index in [0.29, 0.717) is 35.0 Å². The van der Waals surface area contributed by atoms with Crippen LogP contribution in [0.2, 0.25) is 0 Å². The van der Waals surface area contributed by atoms with E-state index in [-0.39, 0.29) is 12.0 Å². The Morgan fingerprint density at radius 2 is 1.24 bits per heavy atom. The van der Waals surface area contributed by atoms with Crippen LogP contribution in [0.5, 0.6) is 23.0 Å². The van der Waals surface area contributed by atoms with Gasteiger partial charge in [-0.05, 0) is 47.9 Å². The highest BCUT2D eigenvalue weighted by Crippen LogP contribution is 2.30. The van der Waals surface area contributed by atoms with Gasteiger partial charge >= 0.3 is 0 Å². The Labute approximate surface area is 216 Å². The van der Waals surface area contributed by atoms with Crippen molar-refractivity contribution in [2.24, 2.45) is 0 Å². The van der Waals surface area contributed by atoms with Crippen LogP contribution in [0.4, 0.5) is 0 Å². The molecule has 2 rings (SSSR count). The summed E-state index contributed by atoms with van der Waals surface area (Å²) >= 11 is 0. The molecule has 0 spiro atoms. The molecule has 0 amide bonds. The third-order valence-corrected chi connectivity index (χ3v) is 5.88. The third kappa shape index (κ3) is 7.95. The summed E-state index contributed by atoms with van der Waals surface area (Å²) in [6.07, 6.45) is -6.91. The summed E-state index contributed by atoms with van der Waals surface area (Å²) in [6, 6.07) is 10.5. The predicted molar refractivity (Wildman–Crippen MR) is 135 cm³/mol. The molecule has 0 fully saturated rings. The summed E-state index contributed by atoms with van der Waals surface area (Å²) in [6.45, 7) is -0.833. The van der Waals surface area contributed by atoms with Crippen LogP contribution in [-0.4, -0.2) is 96.2 Å². The van der Waals surface area contributed by atoms with E-state index in [2.05, 4.69) is 5.73 Å². The van der Waals surface area contributed by atoms with Gasteiger partial charge in [0.2, 0.25) is 0 Å². The Morgan fingerprint density at radius 1 is 0.730 bits per heavy atom. The minimum atomic E-state index is -1.94. The van der Waals surface area contributed by atoms with Crippen LogP contribution in [0.25, 0.3) is 0 Å². The third-order valence-electron chi connectivity index (χ3n) is 5.88. The zero-order chi connectivity index (χ0) is 27.5. The van der Waals surface area contributed by atoms with E-state index < -0.39 is 37.1 Å². The predicted octanol–water partition coefficient (Wildman–Crippen LogP) is 0.384. The average Bonchev–Trinajstić information content (AvgIpc) is 2.94. The van der Waals surface area contributed by atoms with Crippen LogP contribution in [0.1, 0.15) is 11.1 Å². The number of rotatable bonds is 14. The second-order valence-corrected chi connectivity index (χ2v) is 8.30. The quantitative estimate of drug-likeness (QED) is 0.192. The standard InChI is InChI=1S/C27H36O10/c1-34-20-10-8-16(13-22(20)36-3)6-5-7-18(12-17-9-11-21(35-2)23(14-17)37-4)24(30)26(32)27(33)25(31)19(29)15-28/h5,8-11,13-14,19,24-33H,6,12,15H2,1-4H3/t7?,19-,24?,25+,26+,27-/m0/s1. The van der Waals surface area contributed by atoms with E-state index in [4.69, 9.17) is 24.1 Å². The molecule has 10 heteroatoms. The van der Waals surface area contributed by atoms with E-state index in [9.17, 15) is 25.5 Å². The summed E-state index contributed by atoms with van der Waals surface area (Å²) in [5.74, 6) is 2.11. The number of benzene rings is 2. The Morgan fingerprint density at radius 3 is 1.76 bits per heavy atom. The van der Waals surface area contributed by atoms with Gasteiger partial charge in [-0.1, -0.05) is 12.1 Å². The monoisotopic (exact) mass is 520 g/mol. The van der Waals surface area contributed by atoms with Crippen molar-refractivity contribution < 1.29 is 49.6 Å². The molecule has 37 heavy (non-hydrogen) atoms. The molecule has 2 aromatic carbocycles. The number of hydrogen-bond acceptors (Lipinski definition) is 10. The van der Waals surface area contributed by atoms with Gasteiger partial charge in [0.25, 0.3) is 0 Å². The molecule has 204 valence electrons. The van der Waals surface area contributed by atoms with Crippen LogP contribution < -0.4 is 18.9 Å². The lowest BCUT2D eigenvalue weighted by atomic mass is 9.92. The highest BCUT2D eigenvalue weighted by Gasteiger charge is 2.35. The lowest BCUT2D eigenvalue weighted by molar-refractivity contribution is -0.134. The van der Waals surface area contributed by atoms with E-state index in [1.165, 1.54) is 28.4 Å². The Bertz CT molecular complexity index is 1060. The fourth-order valence-electron chi connectivity index (χ4n) is 3.69. The molecular weight excluding hydrogens is 484 g/mol. The first kappa shape index (κ1) is 30.1. The van der Waals surface area contributed by atoms with E-state index in [0.717, 1.165) is 5.56 Å². The van der Waals surface area contributed by atoms with Crippen LogP contribution in [-0.2, 0) is 12.8 Å². The zero-order valence-electron chi connectivity index (χ0n) is 21.4. The molecule has 2 aromatic rings. The second kappa shape index (κ2) is 14.6. The number of ether oxygens (including phenoxy) is 4. The van der Waals surface area contributed by atoms with Crippen molar-refractivity contribution in [3.63, 3.8) is 0 Å². The van der Waals surface area contributed by atoms with Crippen molar-refractivity contribution in [2.45, 2.75) is 43.4 Å². The smallest absolute Gasteiger partial charge is 0.160 e. The number of aliphatic hydroxyl groups is 6. The number of aliphatic hydroxyl groups excluding tert-OH is 6. The normalized spacial score (nSPS) is 15.0. The van der Waals surface area contributed by atoms with Crippen molar-refractivity contribution in [3.05, 3.63) is 64.9 Å². The first-order valence-electron chi connectivity index (χ1n) is 11.6. The lowest BCUT2D eigenvalue weighted by Crippen LogP contribution is -2.50. The highest BCUT2D eigenvalue weighted by atomic mass is 16.5. The minimum absolute atomic E-state index is 0.104. The molecule has 0 heterocycles. The van der Waals surface area contributed by atoms with Crippen LogP contribution >= 0.6 is 0 Å². The largest absolute Gasteiger partial charge is 0.493 e. The second-order valence-electron chi connectivity index (χ2n) is 8.30. The molecule has 0 bridgehead atoms. The van der Waals surface area contributed by atoms with Gasteiger partial charge < -0.3 is 49.6 Å². The van der Waals surface area contributed by atoms with E-state index in [1.54, 1.807) is 36.4 Å². The van der Waals surface area contributed by atoms with Gasteiger partial charge in [0.1, 0.15) is 30.5 Å². The minimum Gasteiger partial charge on any atom is -0.493 e. The molecular formula is C27H36O10. The van der Waals surface area contributed by atoms with Crippen molar-refractivity contribution in [2.75, 3.05) is 35.0 Å². The molecule has 0 aliphatic carbocycles. The van der Waals surface area contributed by atoms with Gasteiger partial charge in [0.05, 0.1) is 35.0 Å². The summed E-state index contributed by atoms with van der Waals surface area (Å²) in [4.78, 5) is 0. The molecule has 0 saturated heterocycles. The molecule has 0 aliphatic heterocycles. The van der Waals surface area contributed by atoms with Crippen molar-refractivity contribution >= 4 is 0 Å². The SMILES string of the molecule is COc1ccc(CC=C=C(Cc2ccc(OC)c(OC)c2)C(O)[C@@H](O)[C@@H](O)[C@H](O)[C@@H](O)CO)cc1OC. The average molecular weight is 521 g/mol. The summed E-state index contributed by atoms with van der Waals surface area (Å²) in [7, 11) is 6.07. The summed E-state index contributed by atoms with van der Waals surface area (Å²) in [5.41, 5.74) is 4.76. The Kier molecular flexibility index (Phi) is 11.9. The first-order chi connectivity index (χ1) is 17.7. The molecule has 0 radical (unpaired) electrons. The molecule has 0 saturated carbocycles. The highest BCUT2D eigenvalue weighted by molar-refractivity contribution is 5.45. The number of methoxy groups -OCH3 is 4. The maximum Gasteiger partial charge on any atom is 0.160 e. The van der Waals surface area contributed by atoms with Crippen LogP contribution in [0, 0.1) is 0 Å².